The summed E-state index contributed by atoms with van der Waals surface area (Å²) in [5.74, 6) is 0.301. The van der Waals surface area contributed by atoms with Crippen LogP contribution in [0, 0.1) is 0 Å². The van der Waals surface area contributed by atoms with Gasteiger partial charge in [-0.2, -0.15) is 22.6 Å². The first-order chi connectivity index (χ1) is 21.6. The van der Waals surface area contributed by atoms with Gasteiger partial charge in [0.15, 0.2) is 5.69 Å². The van der Waals surface area contributed by atoms with E-state index in [4.69, 9.17) is 9.47 Å². The van der Waals surface area contributed by atoms with Crippen molar-refractivity contribution in [1.82, 2.24) is 24.1 Å². The molecule has 2 aliphatic rings. The van der Waals surface area contributed by atoms with Gasteiger partial charge in [-0.05, 0) is 56.1 Å². The normalized spacial score (nSPS) is 19.8. The van der Waals surface area contributed by atoms with Crippen LogP contribution in [0.15, 0.2) is 64.5 Å². The van der Waals surface area contributed by atoms with Crippen molar-refractivity contribution in [3.8, 4) is 16.9 Å². The van der Waals surface area contributed by atoms with Crippen molar-refractivity contribution in [1.29, 1.82) is 0 Å². The Labute approximate surface area is 265 Å². The van der Waals surface area contributed by atoms with Gasteiger partial charge in [0.25, 0.3) is 0 Å². The highest BCUT2D eigenvalue weighted by molar-refractivity contribution is 7.89. The van der Waals surface area contributed by atoms with Gasteiger partial charge in [0.05, 0.1) is 22.0 Å². The lowest BCUT2D eigenvalue weighted by molar-refractivity contribution is -0.141. The van der Waals surface area contributed by atoms with E-state index in [0.717, 1.165) is 4.68 Å². The Morgan fingerprint density at radius 2 is 1.80 bits per heavy atom. The van der Waals surface area contributed by atoms with Crippen LogP contribution >= 0.6 is 0 Å². The predicted octanol–water partition coefficient (Wildman–Crippen LogP) is 2.36. The predicted molar refractivity (Wildman–Crippen MR) is 161 cm³/mol. The third-order valence-electron chi connectivity index (χ3n) is 8.19. The van der Waals surface area contributed by atoms with Crippen molar-refractivity contribution in [3.05, 3.63) is 60.4 Å². The highest BCUT2D eigenvalue weighted by Crippen LogP contribution is 2.39. The van der Waals surface area contributed by atoms with Crippen LogP contribution in [-0.2, 0) is 38.0 Å². The summed E-state index contributed by atoms with van der Waals surface area (Å²) in [6.45, 7) is 0.861. The lowest BCUT2D eigenvalue weighted by Gasteiger charge is -2.38. The van der Waals surface area contributed by atoms with Crippen molar-refractivity contribution >= 4 is 20.0 Å². The molecule has 2 aromatic carbocycles. The Kier molecular flexibility index (Phi) is 9.85. The van der Waals surface area contributed by atoms with Gasteiger partial charge < -0.3 is 19.9 Å². The molecule has 17 heteroatoms. The van der Waals surface area contributed by atoms with E-state index in [-0.39, 0.29) is 53.2 Å². The molecule has 5 rings (SSSR count). The summed E-state index contributed by atoms with van der Waals surface area (Å²) in [6.07, 6.45) is -2.90. The van der Waals surface area contributed by atoms with E-state index >= 15 is 0 Å². The Balaban J connectivity index is 1.13. The van der Waals surface area contributed by atoms with Crippen LogP contribution in [0.25, 0.3) is 11.1 Å². The van der Waals surface area contributed by atoms with Crippen LogP contribution in [0.3, 0.4) is 0 Å². The van der Waals surface area contributed by atoms with Crippen LogP contribution < -0.4 is 14.8 Å². The maximum atomic E-state index is 13.5. The number of aliphatic hydroxyl groups excluding tert-OH is 1. The fourth-order valence-electron chi connectivity index (χ4n) is 5.74. The minimum atomic E-state index is -4.70. The van der Waals surface area contributed by atoms with Gasteiger partial charge in [-0.15, -0.1) is 0 Å². The first-order valence-electron chi connectivity index (χ1n) is 14.6. The largest absolute Gasteiger partial charge is 0.491 e. The summed E-state index contributed by atoms with van der Waals surface area (Å²) in [6, 6.07) is 11.3. The number of benzene rings is 2. The molecule has 252 valence electrons. The molecule has 2 atom stereocenters. The highest BCUT2D eigenvalue weighted by Gasteiger charge is 2.45. The number of aryl methyl sites for hydroxylation is 1. The minimum Gasteiger partial charge on any atom is -0.491 e. The van der Waals surface area contributed by atoms with E-state index in [1.165, 1.54) is 61.0 Å². The van der Waals surface area contributed by atoms with Gasteiger partial charge in [-0.3, -0.25) is 4.68 Å². The number of hydrogen-bond acceptors (Lipinski definition) is 9. The fourth-order valence-corrected chi connectivity index (χ4v) is 8.00. The minimum absolute atomic E-state index is 0.0464. The molecule has 12 nitrogen and oxygen atoms in total. The zero-order valence-corrected chi connectivity index (χ0v) is 26.8. The summed E-state index contributed by atoms with van der Waals surface area (Å²) >= 11 is 0. The number of sulfonamides is 2. The van der Waals surface area contributed by atoms with Crippen molar-refractivity contribution in [3.63, 3.8) is 0 Å². The number of nitrogens with one attached hydrogen (secondary N) is 2. The van der Waals surface area contributed by atoms with Crippen LogP contribution in [0.4, 0.5) is 13.2 Å². The lowest BCUT2D eigenvalue weighted by Crippen LogP contribution is -2.47. The first kappa shape index (κ1) is 34.3. The number of aliphatic hydroxyl groups is 1. The molecule has 46 heavy (non-hydrogen) atoms. The molecule has 2 aliphatic heterocycles. The average molecular weight is 688 g/mol. The molecule has 3 heterocycles. The Bertz CT molecular complexity index is 1760. The van der Waals surface area contributed by atoms with E-state index in [0.29, 0.717) is 31.6 Å². The van der Waals surface area contributed by atoms with Crippen LogP contribution in [-0.4, -0.2) is 93.7 Å². The molecule has 3 N–H and O–H groups in total. The molecule has 2 fully saturated rings. The number of halogens is 3. The van der Waals surface area contributed by atoms with E-state index < -0.39 is 43.6 Å². The van der Waals surface area contributed by atoms with Gasteiger partial charge in [0.1, 0.15) is 18.5 Å². The molecule has 0 radical (unpaired) electrons. The van der Waals surface area contributed by atoms with E-state index in [1.54, 1.807) is 12.1 Å². The Morgan fingerprint density at radius 3 is 2.50 bits per heavy atom. The summed E-state index contributed by atoms with van der Waals surface area (Å²) in [4.78, 5) is -0.0541. The first-order valence-corrected chi connectivity index (χ1v) is 17.5. The molecule has 1 aromatic heterocycles. The second-order valence-electron chi connectivity index (χ2n) is 11.4. The molecule has 0 saturated carbocycles. The Hall–Kier alpha value is -3.06. The number of rotatable bonds is 11. The van der Waals surface area contributed by atoms with Gasteiger partial charge in [0, 0.05) is 50.6 Å². The molecule has 0 bridgehead atoms. The second-order valence-corrected chi connectivity index (χ2v) is 15.3. The highest BCUT2D eigenvalue weighted by atomic mass is 32.2. The number of alkyl halides is 3. The maximum absolute atomic E-state index is 13.5. The van der Waals surface area contributed by atoms with Crippen molar-refractivity contribution in [2.75, 3.05) is 39.9 Å². The molecule has 1 spiro atoms. The lowest BCUT2D eigenvalue weighted by atomic mass is 9.88. The number of hydrogen-bond donors (Lipinski definition) is 3. The topological polar surface area (TPSA) is 152 Å². The summed E-state index contributed by atoms with van der Waals surface area (Å²) in [5, 5.41) is 17.2. The van der Waals surface area contributed by atoms with E-state index in [9.17, 15) is 35.1 Å². The molecular formula is C29H36F3N5O7S2. The van der Waals surface area contributed by atoms with Crippen LogP contribution in [0.1, 0.15) is 25.0 Å². The van der Waals surface area contributed by atoms with Gasteiger partial charge in [-0.25, -0.2) is 21.6 Å². The second kappa shape index (κ2) is 13.2. The smallest absolute Gasteiger partial charge is 0.435 e. The zero-order valence-electron chi connectivity index (χ0n) is 25.2. The van der Waals surface area contributed by atoms with Crippen molar-refractivity contribution in [2.45, 2.75) is 53.0 Å². The zero-order chi connectivity index (χ0) is 33.3. The van der Waals surface area contributed by atoms with Crippen molar-refractivity contribution in [2.24, 2.45) is 7.05 Å². The van der Waals surface area contributed by atoms with Crippen molar-refractivity contribution < 1.29 is 44.6 Å². The van der Waals surface area contributed by atoms with E-state index in [1.807, 2.05) is 0 Å². The Morgan fingerprint density at radius 1 is 1.11 bits per heavy atom. The summed E-state index contributed by atoms with van der Waals surface area (Å²) < 4.78 is 108. The van der Waals surface area contributed by atoms with Crippen LogP contribution in [0.5, 0.6) is 5.75 Å². The molecular weight excluding hydrogens is 651 g/mol. The summed E-state index contributed by atoms with van der Waals surface area (Å²) in [7, 11) is -4.94. The quantitative estimate of drug-likeness (QED) is 0.276. The number of nitrogens with zero attached hydrogens (tertiary/aromatic N) is 3. The third kappa shape index (κ3) is 7.56. The monoisotopic (exact) mass is 687 g/mol. The van der Waals surface area contributed by atoms with Crippen LogP contribution in [0.2, 0.25) is 0 Å². The average Bonchev–Trinajstić information content (AvgIpc) is 3.63. The number of piperidine rings is 1. The maximum Gasteiger partial charge on any atom is 0.435 e. The molecule has 0 amide bonds. The molecule has 3 aromatic rings. The van der Waals surface area contributed by atoms with Gasteiger partial charge in [-0.1, -0.05) is 18.2 Å². The SMILES string of the molecule is CNS(=O)(=O)c1cccc(OCC(O)CNC2COC3(CCN(S(=O)(=O)c4cccc(-c5cn(C)nc5C(F)(F)F)c4)CC3)C2)c1. The number of ether oxygens (including phenoxy) is 2. The fraction of sp³-hybridized carbons (Fsp3) is 0.483. The van der Waals surface area contributed by atoms with E-state index in [2.05, 4.69) is 15.1 Å². The third-order valence-corrected chi connectivity index (χ3v) is 11.5. The molecule has 0 aliphatic carbocycles. The number of aromatic nitrogens is 2. The van der Waals surface area contributed by atoms with Gasteiger partial charge >= 0.3 is 6.18 Å². The molecule has 2 unspecified atom stereocenters. The standard InChI is InChI=1S/C29H36F3N5O7S2/c1-33-45(39,40)24-7-4-6-23(14-24)43-19-22(38)16-34-21-15-28(44-18-21)9-11-37(12-10-28)46(41,42)25-8-3-5-20(13-25)26-17-36(2)35-27(26)29(30,31)32/h3-8,13-14,17,21-22,33-34,38H,9-12,15-16,18-19H2,1-2H3. The molecule has 2 saturated heterocycles. The summed E-state index contributed by atoms with van der Waals surface area (Å²) in [5.41, 5.74) is -1.72. The van der Waals surface area contributed by atoms with Gasteiger partial charge in [0.2, 0.25) is 20.0 Å².